The van der Waals surface area contributed by atoms with Crippen LogP contribution in [-0.4, -0.2) is 72.1 Å². The molecule has 0 saturated carbocycles. The molecule has 2 saturated heterocycles. The molecular weight excluding hydrogens is 586 g/mol. The lowest BCUT2D eigenvalue weighted by Gasteiger charge is -2.43. The monoisotopic (exact) mass is 631 g/mol. The number of nitrogens with one attached hydrogen (secondary N) is 2. The Labute approximate surface area is 270 Å². The van der Waals surface area contributed by atoms with E-state index in [0.717, 1.165) is 52.8 Å². The van der Waals surface area contributed by atoms with Crippen LogP contribution in [-0.2, 0) is 32.2 Å². The predicted octanol–water partition coefficient (Wildman–Crippen LogP) is 4.46. The minimum absolute atomic E-state index is 0.0125. The van der Waals surface area contributed by atoms with Gasteiger partial charge in [-0.3, -0.25) is 9.69 Å². The molecule has 0 aromatic heterocycles. The molecule has 2 heterocycles. The second-order valence-corrected chi connectivity index (χ2v) is 11.9. The zero-order valence-electron chi connectivity index (χ0n) is 26.6. The molecule has 10 heteroatoms. The standard InChI is InChI=1S/C36H45N3O7/c1-3-44-33(42)20-38-36(43)37-19-29-7-4-5-9-31(29)26-14-16-28(17-15-26)35-45-32(21-39-18-6-8-30(39)23-41)24(2)34(46-35)27-12-10-25(22-40)11-13-27/h4-5,7,9-17,24,30,32,34-35,40-41H,3,6,8,18-23H2,1-2H3,(H2,37,38,43). The van der Waals surface area contributed by atoms with Crippen molar-refractivity contribution in [3.63, 3.8) is 0 Å². The summed E-state index contributed by atoms with van der Waals surface area (Å²) >= 11 is 0. The number of likely N-dealkylation sites (tertiary alicyclic amines) is 1. The van der Waals surface area contributed by atoms with E-state index >= 15 is 0 Å². The van der Waals surface area contributed by atoms with E-state index in [-0.39, 0.29) is 57.1 Å². The third kappa shape index (κ3) is 8.31. The molecule has 46 heavy (non-hydrogen) atoms. The van der Waals surface area contributed by atoms with Crippen LogP contribution in [0.4, 0.5) is 4.79 Å². The van der Waals surface area contributed by atoms with Gasteiger partial charge in [0, 0.05) is 30.6 Å². The van der Waals surface area contributed by atoms with Gasteiger partial charge in [-0.1, -0.05) is 79.7 Å². The van der Waals surface area contributed by atoms with Gasteiger partial charge in [0.2, 0.25) is 0 Å². The zero-order valence-corrected chi connectivity index (χ0v) is 26.6. The largest absolute Gasteiger partial charge is 0.465 e. The van der Waals surface area contributed by atoms with E-state index in [4.69, 9.17) is 14.2 Å². The van der Waals surface area contributed by atoms with Crippen molar-refractivity contribution in [2.45, 2.75) is 64.4 Å². The summed E-state index contributed by atoms with van der Waals surface area (Å²) in [7, 11) is 0. The molecule has 0 spiro atoms. The number of ether oxygens (including phenoxy) is 3. The Morgan fingerprint density at radius 2 is 1.70 bits per heavy atom. The molecule has 4 N–H and O–H groups in total. The van der Waals surface area contributed by atoms with E-state index in [0.29, 0.717) is 6.54 Å². The number of hydrogen-bond donors (Lipinski definition) is 4. The number of nitrogens with zero attached hydrogens (tertiary/aromatic N) is 1. The van der Waals surface area contributed by atoms with Crippen LogP contribution in [0.3, 0.4) is 0 Å². The molecule has 5 unspecified atom stereocenters. The number of amides is 2. The van der Waals surface area contributed by atoms with Crippen LogP contribution in [0.25, 0.3) is 11.1 Å². The van der Waals surface area contributed by atoms with Gasteiger partial charge in [0.25, 0.3) is 0 Å². The molecule has 5 rings (SSSR count). The second kappa shape index (κ2) is 16.2. The molecule has 0 radical (unpaired) electrons. The Morgan fingerprint density at radius 1 is 0.957 bits per heavy atom. The number of hydrogen-bond acceptors (Lipinski definition) is 8. The smallest absolute Gasteiger partial charge is 0.325 e. The van der Waals surface area contributed by atoms with Crippen LogP contribution >= 0.6 is 0 Å². The quantitative estimate of drug-likeness (QED) is 0.216. The maximum Gasteiger partial charge on any atom is 0.325 e. The average Bonchev–Trinajstić information content (AvgIpc) is 3.55. The van der Waals surface area contributed by atoms with Crippen molar-refractivity contribution < 1.29 is 34.0 Å². The Morgan fingerprint density at radius 3 is 2.41 bits per heavy atom. The predicted molar refractivity (Wildman–Crippen MR) is 173 cm³/mol. The van der Waals surface area contributed by atoms with Gasteiger partial charge < -0.3 is 35.1 Å². The number of benzene rings is 3. The van der Waals surface area contributed by atoms with Crippen LogP contribution in [0.1, 0.15) is 61.3 Å². The number of aliphatic hydroxyl groups is 2. The minimum Gasteiger partial charge on any atom is -0.465 e. The topological polar surface area (TPSA) is 130 Å². The van der Waals surface area contributed by atoms with E-state index in [1.165, 1.54) is 0 Å². The number of esters is 1. The molecule has 2 aliphatic rings. The molecule has 246 valence electrons. The summed E-state index contributed by atoms with van der Waals surface area (Å²) in [5, 5.41) is 24.8. The van der Waals surface area contributed by atoms with Gasteiger partial charge in [0.05, 0.1) is 32.0 Å². The fraction of sp³-hybridized carbons (Fsp3) is 0.444. The summed E-state index contributed by atoms with van der Waals surface area (Å²) in [6.07, 6.45) is 1.13. The summed E-state index contributed by atoms with van der Waals surface area (Å²) in [6.45, 7) is 6.00. The first kappa shape index (κ1) is 33.6. The Bertz CT molecular complexity index is 1430. The Kier molecular flexibility index (Phi) is 11.8. The number of carbonyl (C=O) groups is 2. The number of urea groups is 1. The van der Waals surface area contributed by atoms with Gasteiger partial charge in [-0.25, -0.2) is 4.79 Å². The average molecular weight is 632 g/mol. The fourth-order valence-electron chi connectivity index (χ4n) is 6.28. The van der Waals surface area contributed by atoms with Crippen molar-refractivity contribution in [1.29, 1.82) is 0 Å². The zero-order chi connectivity index (χ0) is 32.5. The van der Waals surface area contributed by atoms with E-state index in [1.54, 1.807) is 6.92 Å². The summed E-state index contributed by atoms with van der Waals surface area (Å²) in [6, 6.07) is 23.5. The first-order valence-electron chi connectivity index (χ1n) is 16.1. The Hall–Kier alpha value is -3.80. The van der Waals surface area contributed by atoms with E-state index < -0.39 is 18.3 Å². The number of aliphatic hydroxyl groups excluding tert-OH is 2. The van der Waals surface area contributed by atoms with Crippen LogP contribution in [0.5, 0.6) is 0 Å². The van der Waals surface area contributed by atoms with Crippen molar-refractivity contribution in [3.05, 3.63) is 95.1 Å². The van der Waals surface area contributed by atoms with E-state index in [9.17, 15) is 19.8 Å². The molecular formula is C36H45N3O7. The van der Waals surface area contributed by atoms with Gasteiger partial charge in [0.1, 0.15) is 6.54 Å². The van der Waals surface area contributed by atoms with Crippen LogP contribution < -0.4 is 10.6 Å². The number of carbonyl (C=O) groups excluding carboxylic acids is 2. The second-order valence-electron chi connectivity index (χ2n) is 11.9. The fourth-order valence-corrected chi connectivity index (χ4v) is 6.28. The van der Waals surface area contributed by atoms with Crippen molar-refractivity contribution >= 4 is 12.0 Å². The lowest BCUT2D eigenvalue weighted by Crippen LogP contribution is -2.46. The third-order valence-corrected chi connectivity index (χ3v) is 8.90. The molecule has 0 aliphatic carbocycles. The molecule has 5 atom stereocenters. The maximum absolute atomic E-state index is 12.3. The van der Waals surface area contributed by atoms with Crippen molar-refractivity contribution in [1.82, 2.24) is 15.5 Å². The molecule has 3 aromatic carbocycles. The minimum atomic E-state index is -0.590. The molecule has 2 aliphatic heterocycles. The van der Waals surface area contributed by atoms with Crippen molar-refractivity contribution in [3.8, 4) is 11.1 Å². The van der Waals surface area contributed by atoms with Crippen LogP contribution in [0.15, 0.2) is 72.8 Å². The lowest BCUT2D eigenvalue weighted by molar-refractivity contribution is -0.276. The first-order valence-corrected chi connectivity index (χ1v) is 16.1. The molecule has 0 bridgehead atoms. The van der Waals surface area contributed by atoms with Gasteiger partial charge in [-0.15, -0.1) is 0 Å². The third-order valence-electron chi connectivity index (χ3n) is 8.90. The van der Waals surface area contributed by atoms with Crippen molar-refractivity contribution in [2.75, 3.05) is 32.8 Å². The van der Waals surface area contributed by atoms with Gasteiger partial charge >= 0.3 is 12.0 Å². The highest BCUT2D eigenvalue weighted by Gasteiger charge is 2.40. The molecule has 10 nitrogen and oxygen atoms in total. The summed E-state index contributed by atoms with van der Waals surface area (Å²) in [5.41, 5.74) is 5.66. The molecule has 2 fully saturated rings. The Balaban J connectivity index is 1.31. The van der Waals surface area contributed by atoms with E-state index in [1.807, 2.05) is 72.8 Å². The highest BCUT2D eigenvalue weighted by molar-refractivity contribution is 5.81. The van der Waals surface area contributed by atoms with Gasteiger partial charge in [0.15, 0.2) is 6.29 Å². The first-order chi connectivity index (χ1) is 22.4. The van der Waals surface area contributed by atoms with E-state index in [2.05, 4.69) is 22.5 Å². The van der Waals surface area contributed by atoms with Crippen molar-refractivity contribution in [2.24, 2.45) is 5.92 Å². The normalized spacial score (nSPS) is 23.2. The molecule has 3 aromatic rings. The maximum atomic E-state index is 12.3. The van der Waals surface area contributed by atoms with Crippen LogP contribution in [0.2, 0.25) is 0 Å². The SMILES string of the molecule is CCOC(=O)CNC(=O)NCc1ccccc1-c1ccc(C2OC(CN3CCCC3CO)C(C)C(c3ccc(CO)cc3)O2)cc1. The summed E-state index contributed by atoms with van der Waals surface area (Å²) in [5.74, 6) is -0.425. The highest BCUT2D eigenvalue weighted by Crippen LogP contribution is 2.42. The summed E-state index contributed by atoms with van der Waals surface area (Å²) < 4.78 is 18.1. The van der Waals surface area contributed by atoms with Gasteiger partial charge in [-0.2, -0.15) is 0 Å². The molecule has 2 amide bonds. The summed E-state index contributed by atoms with van der Waals surface area (Å²) in [4.78, 5) is 26.1. The lowest BCUT2D eigenvalue weighted by atomic mass is 9.89. The van der Waals surface area contributed by atoms with Crippen LogP contribution in [0, 0.1) is 5.92 Å². The number of rotatable bonds is 12. The van der Waals surface area contributed by atoms with Gasteiger partial charge in [-0.05, 0) is 54.1 Å². The highest BCUT2D eigenvalue weighted by atomic mass is 16.7.